The van der Waals surface area contributed by atoms with Crippen molar-refractivity contribution in [3.63, 3.8) is 0 Å². The van der Waals surface area contributed by atoms with Crippen LogP contribution >= 0.6 is 0 Å². The van der Waals surface area contributed by atoms with E-state index in [1.165, 1.54) is 16.8 Å². The number of nitrogens with zero attached hydrogens (tertiary/aromatic N) is 5. The molecule has 1 aromatic carbocycles. The van der Waals surface area contributed by atoms with Crippen molar-refractivity contribution in [1.82, 2.24) is 14.8 Å². The molecule has 0 bridgehead atoms. The summed E-state index contributed by atoms with van der Waals surface area (Å²) in [6.45, 7) is 11.6. The fourth-order valence-electron chi connectivity index (χ4n) is 4.19. The Morgan fingerprint density at radius 2 is 1.59 bits per heavy atom. The van der Waals surface area contributed by atoms with Gasteiger partial charge in [0.2, 0.25) is 0 Å². The van der Waals surface area contributed by atoms with Gasteiger partial charge in [0.25, 0.3) is 5.91 Å². The topological polar surface area (TPSA) is 42.9 Å². The van der Waals surface area contributed by atoms with Crippen LogP contribution in [0, 0.1) is 13.8 Å². The van der Waals surface area contributed by atoms with Gasteiger partial charge in [-0.15, -0.1) is 0 Å². The highest BCUT2D eigenvalue weighted by atomic mass is 16.2. The van der Waals surface area contributed by atoms with Crippen LogP contribution in [0.15, 0.2) is 36.5 Å². The Labute approximate surface area is 173 Å². The molecule has 0 spiro atoms. The molecular weight excluding hydrogens is 362 g/mol. The molecule has 0 aliphatic carbocycles. The fourth-order valence-corrected chi connectivity index (χ4v) is 4.19. The second-order valence-corrected chi connectivity index (χ2v) is 8.19. The van der Waals surface area contributed by atoms with E-state index in [4.69, 9.17) is 0 Å². The number of piperazine rings is 2. The molecule has 6 nitrogen and oxygen atoms in total. The summed E-state index contributed by atoms with van der Waals surface area (Å²) in [5.41, 5.74) is 5.58. The van der Waals surface area contributed by atoms with Gasteiger partial charge in [-0.3, -0.25) is 9.78 Å². The third kappa shape index (κ3) is 4.22. The van der Waals surface area contributed by atoms with Crippen LogP contribution in [-0.4, -0.2) is 80.1 Å². The number of rotatable bonds is 3. The number of carbonyl (C=O) groups excluding carboxylic acids is 1. The van der Waals surface area contributed by atoms with Crippen LogP contribution in [0.3, 0.4) is 0 Å². The predicted octanol–water partition coefficient (Wildman–Crippen LogP) is 2.41. The monoisotopic (exact) mass is 393 g/mol. The van der Waals surface area contributed by atoms with Gasteiger partial charge < -0.3 is 19.6 Å². The lowest BCUT2D eigenvalue weighted by molar-refractivity contribution is 0.0741. The number of likely N-dealkylation sites (N-methyl/N-ethyl adjacent to an activating group) is 1. The molecular formula is C23H31N5O. The molecule has 2 aliphatic rings. The lowest BCUT2D eigenvalue weighted by Crippen LogP contribution is -2.49. The molecule has 2 fully saturated rings. The van der Waals surface area contributed by atoms with E-state index in [-0.39, 0.29) is 5.91 Å². The van der Waals surface area contributed by atoms with Crippen molar-refractivity contribution in [2.45, 2.75) is 13.8 Å². The summed E-state index contributed by atoms with van der Waals surface area (Å²) in [7, 11) is 2.15. The lowest BCUT2D eigenvalue weighted by atomic mass is 10.1. The highest BCUT2D eigenvalue weighted by molar-refractivity contribution is 5.93. The summed E-state index contributed by atoms with van der Waals surface area (Å²) in [6.07, 6.45) is 1.77. The first-order valence-corrected chi connectivity index (χ1v) is 10.5. The highest BCUT2D eigenvalue weighted by Crippen LogP contribution is 2.24. The Balaban J connectivity index is 1.41. The van der Waals surface area contributed by atoms with E-state index in [1.54, 1.807) is 6.20 Å². The number of carbonyl (C=O) groups is 1. The first kappa shape index (κ1) is 19.7. The molecule has 0 atom stereocenters. The zero-order valence-electron chi connectivity index (χ0n) is 17.8. The van der Waals surface area contributed by atoms with Gasteiger partial charge in [-0.1, -0.05) is 12.1 Å². The minimum Gasteiger partial charge on any atom is -0.369 e. The van der Waals surface area contributed by atoms with E-state index < -0.39 is 0 Å². The molecule has 2 aliphatic heterocycles. The van der Waals surface area contributed by atoms with E-state index in [9.17, 15) is 4.79 Å². The summed E-state index contributed by atoms with van der Waals surface area (Å²) in [6, 6.07) is 10.4. The van der Waals surface area contributed by atoms with Crippen molar-refractivity contribution < 1.29 is 4.79 Å². The van der Waals surface area contributed by atoms with Crippen molar-refractivity contribution in [2.75, 3.05) is 69.2 Å². The van der Waals surface area contributed by atoms with Crippen LogP contribution in [0.5, 0.6) is 0 Å². The summed E-state index contributed by atoms with van der Waals surface area (Å²) in [5.74, 6) is 0.0431. The first-order chi connectivity index (χ1) is 14.0. The van der Waals surface area contributed by atoms with E-state index in [1.807, 2.05) is 17.0 Å². The minimum atomic E-state index is 0.0431. The molecule has 2 aromatic rings. The van der Waals surface area contributed by atoms with Crippen LogP contribution in [-0.2, 0) is 0 Å². The van der Waals surface area contributed by atoms with Gasteiger partial charge in [0.15, 0.2) is 0 Å². The normalized spacial score (nSPS) is 18.2. The van der Waals surface area contributed by atoms with E-state index in [0.717, 1.165) is 58.0 Å². The molecule has 154 valence electrons. The van der Waals surface area contributed by atoms with Crippen molar-refractivity contribution >= 4 is 17.3 Å². The predicted molar refractivity (Wildman–Crippen MR) is 118 cm³/mol. The second kappa shape index (κ2) is 8.41. The van der Waals surface area contributed by atoms with Crippen LogP contribution in [0.2, 0.25) is 0 Å². The number of aryl methyl sites for hydroxylation is 1. The third-order valence-electron chi connectivity index (χ3n) is 6.31. The third-order valence-corrected chi connectivity index (χ3v) is 6.31. The number of amides is 1. The molecule has 3 heterocycles. The van der Waals surface area contributed by atoms with Gasteiger partial charge in [0.1, 0.15) is 5.69 Å². The first-order valence-electron chi connectivity index (χ1n) is 10.5. The van der Waals surface area contributed by atoms with Crippen LogP contribution in [0.25, 0.3) is 0 Å². The summed E-state index contributed by atoms with van der Waals surface area (Å²) >= 11 is 0. The Bertz CT molecular complexity index is 867. The number of anilines is 2. The molecule has 0 radical (unpaired) electrons. The molecule has 0 N–H and O–H groups in total. The van der Waals surface area contributed by atoms with E-state index >= 15 is 0 Å². The smallest absolute Gasteiger partial charge is 0.272 e. The number of benzene rings is 1. The van der Waals surface area contributed by atoms with Gasteiger partial charge in [-0.25, -0.2) is 0 Å². The van der Waals surface area contributed by atoms with Gasteiger partial charge in [0, 0.05) is 69.9 Å². The Hall–Kier alpha value is -2.60. The molecule has 29 heavy (non-hydrogen) atoms. The largest absolute Gasteiger partial charge is 0.369 e. The van der Waals surface area contributed by atoms with Crippen LogP contribution in [0.1, 0.15) is 21.6 Å². The molecule has 1 amide bonds. The lowest BCUT2D eigenvalue weighted by Gasteiger charge is -2.37. The van der Waals surface area contributed by atoms with Crippen molar-refractivity contribution in [3.8, 4) is 0 Å². The van der Waals surface area contributed by atoms with E-state index in [0.29, 0.717) is 5.69 Å². The van der Waals surface area contributed by atoms with Gasteiger partial charge >= 0.3 is 0 Å². The average molecular weight is 394 g/mol. The van der Waals surface area contributed by atoms with Gasteiger partial charge in [-0.2, -0.15) is 0 Å². The molecule has 1 aromatic heterocycles. The maximum atomic E-state index is 13.1. The zero-order chi connectivity index (χ0) is 20.4. The minimum absolute atomic E-state index is 0.0431. The fraction of sp³-hybridized carbons (Fsp3) is 0.478. The molecule has 0 saturated carbocycles. The number of hydrogen-bond donors (Lipinski definition) is 0. The second-order valence-electron chi connectivity index (χ2n) is 8.19. The highest BCUT2D eigenvalue weighted by Gasteiger charge is 2.25. The number of aromatic nitrogens is 1. The van der Waals surface area contributed by atoms with Gasteiger partial charge in [0.05, 0.1) is 0 Å². The number of hydrogen-bond acceptors (Lipinski definition) is 5. The standard InChI is InChI=1S/C23H31N5O/c1-18-5-4-6-22(19(18)2)27-13-15-28(16-14-27)23(29)21-17-20(7-8-24-21)26-11-9-25(3)10-12-26/h4-8,17H,9-16H2,1-3H3. The van der Waals surface area contributed by atoms with Crippen LogP contribution in [0.4, 0.5) is 11.4 Å². The number of pyridine rings is 1. The summed E-state index contributed by atoms with van der Waals surface area (Å²) in [4.78, 5) is 26.5. The molecule has 0 unspecified atom stereocenters. The van der Waals surface area contributed by atoms with Crippen molar-refractivity contribution in [3.05, 3.63) is 53.3 Å². The molecule has 4 rings (SSSR count). The van der Waals surface area contributed by atoms with E-state index in [2.05, 4.69) is 58.8 Å². The summed E-state index contributed by atoms with van der Waals surface area (Å²) in [5, 5.41) is 0. The Kier molecular flexibility index (Phi) is 5.72. The maximum absolute atomic E-state index is 13.1. The van der Waals surface area contributed by atoms with Crippen molar-refractivity contribution in [2.24, 2.45) is 0 Å². The maximum Gasteiger partial charge on any atom is 0.272 e. The SMILES string of the molecule is Cc1cccc(N2CCN(C(=O)c3cc(N4CCN(C)CC4)ccn3)CC2)c1C. The van der Waals surface area contributed by atoms with Gasteiger partial charge in [-0.05, 0) is 50.2 Å². The van der Waals surface area contributed by atoms with Crippen molar-refractivity contribution in [1.29, 1.82) is 0 Å². The van der Waals surface area contributed by atoms with Crippen LogP contribution < -0.4 is 9.80 Å². The Morgan fingerprint density at radius 3 is 2.31 bits per heavy atom. The quantitative estimate of drug-likeness (QED) is 0.801. The molecule has 6 heteroatoms. The molecule has 2 saturated heterocycles. The zero-order valence-corrected chi connectivity index (χ0v) is 17.8. The average Bonchev–Trinajstić information content (AvgIpc) is 2.76. The Morgan fingerprint density at radius 1 is 0.897 bits per heavy atom. The summed E-state index contributed by atoms with van der Waals surface area (Å²) < 4.78 is 0.